The van der Waals surface area contributed by atoms with Gasteiger partial charge in [-0.3, -0.25) is 4.99 Å². The Bertz CT molecular complexity index is 460. The van der Waals surface area contributed by atoms with Crippen LogP contribution in [0.15, 0.2) is 47.6 Å². The molecule has 88 valence electrons. The number of hydrogen-bond acceptors (Lipinski definition) is 1. The van der Waals surface area contributed by atoms with Crippen LogP contribution in [0.3, 0.4) is 0 Å². The van der Waals surface area contributed by atoms with Crippen molar-refractivity contribution in [2.24, 2.45) is 4.99 Å². The van der Waals surface area contributed by atoms with E-state index in [0.717, 1.165) is 5.69 Å². The number of nitrogens with zero attached hydrogens (tertiary/aromatic N) is 2. The number of aromatic nitrogens is 1. The number of rotatable bonds is 2. The summed E-state index contributed by atoms with van der Waals surface area (Å²) in [6, 6.07) is 10.00. The summed E-state index contributed by atoms with van der Waals surface area (Å²) in [6.07, 6.45) is 3.21. The second-order valence-electron chi connectivity index (χ2n) is 2.84. The molecule has 1 aromatic carbocycles. The summed E-state index contributed by atoms with van der Waals surface area (Å²) in [5.74, 6) is -0.324. The second-order valence-corrected chi connectivity index (χ2v) is 5.42. The van der Waals surface area contributed by atoms with E-state index >= 15 is 0 Å². The van der Waals surface area contributed by atoms with Gasteiger partial charge in [0.1, 0.15) is 5.82 Å². The zero-order valence-corrected chi connectivity index (χ0v) is 11.7. The Morgan fingerprint density at radius 3 is 2.47 bits per heavy atom. The fraction of sp³-hybridized carbons (Fsp3) is 0. The molecule has 0 aliphatic heterocycles. The maximum absolute atomic E-state index is 13.1. The predicted molar refractivity (Wildman–Crippen MR) is 65.1 cm³/mol. The van der Waals surface area contributed by atoms with Gasteiger partial charge in [0.2, 0.25) is 0 Å². The standard InChI is InChI=1S/C11H8FN2.2ClH.Ti/c12-10-5-1-2-6-11(10)14-8-9-4-3-7-13-9;;;/h1-8H;2*1H;/q-1;;;+2/p-2. The first kappa shape index (κ1) is 14.5. The van der Waals surface area contributed by atoms with Gasteiger partial charge in [-0.25, -0.2) is 4.39 Å². The molecular formula is C11H8Cl2FN2Ti-. The van der Waals surface area contributed by atoms with Gasteiger partial charge >= 0.3 is 35.6 Å². The van der Waals surface area contributed by atoms with Crippen molar-refractivity contribution >= 4 is 30.5 Å². The summed E-state index contributed by atoms with van der Waals surface area (Å²) in [6.45, 7) is 0. The summed E-state index contributed by atoms with van der Waals surface area (Å²) >= 11 is -0.556. The van der Waals surface area contributed by atoms with Crippen LogP contribution in [-0.2, 0) is 17.0 Å². The van der Waals surface area contributed by atoms with Crippen molar-refractivity contribution in [1.29, 1.82) is 0 Å². The van der Waals surface area contributed by atoms with Gasteiger partial charge in [-0.05, 0) is 12.1 Å². The molecular weight excluding hydrogens is 298 g/mol. The minimum absolute atomic E-state index is 0.324. The van der Waals surface area contributed by atoms with Crippen LogP contribution in [0, 0.1) is 5.82 Å². The Morgan fingerprint density at radius 1 is 1.18 bits per heavy atom. The molecule has 0 unspecified atom stereocenters. The molecule has 0 atom stereocenters. The van der Waals surface area contributed by atoms with Crippen LogP contribution in [0.25, 0.3) is 0 Å². The summed E-state index contributed by atoms with van der Waals surface area (Å²) in [4.78, 5) is 7.97. The summed E-state index contributed by atoms with van der Waals surface area (Å²) in [5, 5.41) is 0. The quantitative estimate of drug-likeness (QED) is 0.610. The number of benzene rings is 1. The molecule has 0 fully saturated rings. The molecule has 0 spiro atoms. The van der Waals surface area contributed by atoms with E-state index in [0.29, 0.717) is 5.69 Å². The fourth-order valence-corrected chi connectivity index (χ4v) is 1.08. The molecule has 0 saturated heterocycles. The molecule has 0 amide bonds. The van der Waals surface area contributed by atoms with E-state index in [2.05, 4.69) is 9.98 Å². The van der Waals surface area contributed by atoms with Gasteiger partial charge in [0, 0.05) is 6.21 Å². The van der Waals surface area contributed by atoms with Crippen molar-refractivity contribution in [3.8, 4) is 0 Å². The molecule has 2 rings (SSSR count). The zero-order valence-electron chi connectivity index (χ0n) is 8.65. The van der Waals surface area contributed by atoms with E-state index in [4.69, 9.17) is 18.6 Å². The molecule has 1 aromatic heterocycles. The average Bonchev–Trinajstić information content (AvgIpc) is 2.82. The fourth-order valence-electron chi connectivity index (χ4n) is 1.08. The molecule has 0 saturated carbocycles. The normalized spacial score (nSPS) is 9.82. The van der Waals surface area contributed by atoms with E-state index in [1.165, 1.54) is 6.07 Å². The van der Waals surface area contributed by atoms with E-state index in [9.17, 15) is 4.39 Å². The summed E-state index contributed by atoms with van der Waals surface area (Å²) < 4.78 is 13.1. The van der Waals surface area contributed by atoms with Crippen molar-refractivity contribution in [2.75, 3.05) is 0 Å². The second kappa shape index (κ2) is 8.48. The van der Waals surface area contributed by atoms with Crippen molar-refractivity contribution < 1.29 is 21.4 Å². The van der Waals surface area contributed by atoms with E-state index in [-0.39, 0.29) is 5.82 Å². The van der Waals surface area contributed by atoms with Gasteiger partial charge < -0.3 is 4.98 Å². The van der Waals surface area contributed by atoms with E-state index in [1.54, 1.807) is 30.6 Å². The van der Waals surface area contributed by atoms with Crippen LogP contribution in [-0.4, -0.2) is 6.21 Å². The Balaban J connectivity index is 0.000000437. The first-order valence-corrected chi connectivity index (χ1v) is 8.90. The average molecular weight is 306 g/mol. The van der Waals surface area contributed by atoms with E-state index < -0.39 is 17.0 Å². The van der Waals surface area contributed by atoms with Crippen LogP contribution in [0.1, 0.15) is 5.69 Å². The van der Waals surface area contributed by atoms with Gasteiger partial charge in [-0.2, -0.15) is 6.20 Å². The molecule has 0 aliphatic carbocycles. The molecule has 0 N–H and O–H groups in total. The van der Waals surface area contributed by atoms with Gasteiger partial charge in [0.25, 0.3) is 0 Å². The zero-order chi connectivity index (χ0) is 12.5. The van der Waals surface area contributed by atoms with Crippen LogP contribution in [0.4, 0.5) is 10.1 Å². The van der Waals surface area contributed by atoms with E-state index in [1.807, 2.05) is 12.1 Å². The van der Waals surface area contributed by atoms with Crippen LogP contribution in [0.5, 0.6) is 0 Å². The number of aliphatic imine (C=N–C) groups is 1. The Morgan fingerprint density at radius 2 is 1.88 bits per heavy atom. The first-order valence-electron chi connectivity index (χ1n) is 4.60. The summed E-state index contributed by atoms with van der Waals surface area (Å²) in [5.41, 5.74) is 1.06. The Kier molecular flexibility index (Phi) is 7.21. The monoisotopic (exact) mass is 305 g/mol. The van der Waals surface area contributed by atoms with Crippen molar-refractivity contribution in [1.82, 2.24) is 4.98 Å². The molecule has 6 heteroatoms. The number of hydrogen-bond donors (Lipinski definition) is 0. The van der Waals surface area contributed by atoms with Crippen molar-refractivity contribution in [3.63, 3.8) is 0 Å². The molecule has 17 heavy (non-hydrogen) atoms. The van der Waals surface area contributed by atoms with Crippen LogP contribution >= 0.6 is 18.6 Å². The topological polar surface area (TPSA) is 26.5 Å². The Hall–Kier alpha value is -0.606. The Labute approximate surface area is 116 Å². The van der Waals surface area contributed by atoms with Crippen molar-refractivity contribution in [3.05, 3.63) is 54.1 Å². The van der Waals surface area contributed by atoms with Gasteiger partial charge in [0.05, 0.1) is 5.69 Å². The predicted octanol–water partition coefficient (Wildman–Crippen LogP) is 3.91. The third-order valence-corrected chi connectivity index (χ3v) is 1.77. The number of para-hydroxylation sites is 1. The van der Waals surface area contributed by atoms with Gasteiger partial charge in [0.15, 0.2) is 0 Å². The maximum atomic E-state index is 13.1. The van der Waals surface area contributed by atoms with Gasteiger partial charge in [-0.1, -0.05) is 24.3 Å². The SMILES string of the molecule is Fc1ccccc1N=Cc1ccc[n-]1.[Cl][Ti][Cl]. The molecule has 0 bridgehead atoms. The number of halogens is 3. The third kappa shape index (κ3) is 5.51. The molecule has 1 heterocycles. The third-order valence-electron chi connectivity index (χ3n) is 1.77. The molecule has 0 aliphatic rings. The first-order chi connectivity index (χ1) is 8.27. The van der Waals surface area contributed by atoms with Crippen molar-refractivity contribution in [2.45, 2.75) is 0 Å². The van der Waals surface area contributed by atoms with Crippen LogP contribution in [0.2, 0.25) is 0 Å². The summed E-state index contributed by atoms with van der Waals surface area (Å²) in [7, 11) is 9.78. The molecule has 2 nitrogen and oxygen atoms in total. The minimum atomic E-state index is -0.556. The van der Waals surface area contributed by atoms with Crippen LogP contribution < -0.4 is 4.98 Å². The molecule has 0 radical (unpaired) electrons. The molecule has 2 aromatic rings. The van der Waals surface area contributed by atoms with Gasteiger partial charge in [-0.15, -0.1) is 5.69 Å².